The van der Waals surface area contributed by atoms with E-state index in [1.54, 1.807) is 6.20 Å². The lowest BCUT2D eigenvalue weighted by Crippen LogP contribution is -2.00. The maximum atomic E-state index is 13.5. The summed E-state index contributed by atoms with van der Waals surface area (Å²) < 4.78 is 27.7. The van der Waals surface area contributed by atoms with Crippen molar-refractivity contribution >= 4 is 11.6 Å². The second-order valence-corrected chi connectivity index (χ2v) is 3.90. The monoisotopic (exact) mass is 257 g/mol. The average Bonchev–Trinajstić information content (AvgIpc) is 2.78. The van der Waals surface area contributed by atoms with Crippen molar-refractivity contribution in [2.75, 3.05) is 5.88 Å². The van der Waals surface area contributed by atoms with Gasteiger partial charge in [-0.2, -0.15) is 0 Å². The summed E-state index contributed by atoms with van der Waals surface area (Å²) in [5.74, 6) is -1.30. The number of nitrogens with zero attached hydrogens (tertiary/aromatic N) is 3. The first-order valence-electron chi connectivity index (χ1n) is 5.14. The summed E-state index contributed by atoms with van der Waals surface area (Å²) in [5.41, 5.74) is 0.754. The maximum absolute atomic E-state index is 13.5. The van der Waals surface area contributed by atoms with Crippen LogP contribution in [0, 0.1) is 11.6 Å². The number of aromatic nitrogens is 3. The normalized spacial score (nSPS) is 10.8. The van der Waals surface area contributed by atoms with Crippen molar-refractivity contribution < 1.29 is 8.78 Å². The third-order valence-electron chi connectivity index (χ3n) is 2.29. The zero-order valence-electron chi connectivity index (χ0n) is 8.91. The molecule has 1 aromatic carbocycles. The predicted octanol–water partition coefficient (Wildman–Crippen LogP) is 2.72. The standard InChI is InChI=1S/C11H10ClF2N3/c12-6-2-3-8-7-17(16-15-8)10-5-1-4-9(13)11(10)14/h1,4-5,7H,2-3,6H2. The molecule has 17 heavy (non-hydrogen) atoms. The molecule has 6 heteroatoms. The Morgan fingerprint density at radius 3 is 2.88 bits per heavy atom. The molecule has 0 aliphatic carbocycles. The number of hydrogen-bond acceptors (Lipinski definition) is 2. The van der Waals surface area contributed by atoms with Gasteiger partial charge in [-0.15, -0.1) is 16.7 Å². The van der Waals surface area contributed by atoms with Crippen LogP contribution in [0.4, 0.5) is 8.78 Å². The van der Waals surface area contributed by atoms with Gasteiger partial charge in [0.15, 0.2) is 11.6 Å². The van der Waals surface area contributed by atoms with Crippen LogP contribution < -0.4 is 0 Å². The first kappa shape index (κ1) is 12.0. The van der Waals surface area contributed by atoms with Crippen molar-refractivity contribution in [2.45, 2.75) is 12.8 Å². The van der Waals surface area contributed by atoms with E-state index in [1.165, 1.54) is 16.8 Å². The Balaban J connectivity index is 2.27. The topological polar surface area (TPSA) is 30.7 Å². The molecule has 0 N–H and O–H groups in total. The van der Waals surface area contributed by atoms with Crippen molar-refractivity contribution in [3.8, 4) is 5.69 Å². The lowest BCUT2D eigenvalue weighted by Gasteiger charge is -2.01. The number of alkyl halides is 1. The zero-order valence-corrected chi connectivity index (χ0v) is 9.66. The van der Waals surface area contributed by atoms with Crippen molar-refractivity contribution in [1.29, 1.82) is 0 Å². The van der Waals surface area contributed by atoms with Crippen LogP contribution in [0.3, 0.4) is 0 Å². The molecular formula is C11H10ClF2N3. The molecule has 0 aliphatic heterocycles. The van der Waals surface area contributed by atoms with Gasteiger partial charge in [0.05, 0.1) is 11.9 Å². The summed E-state index contributed by atoms with van der Waals surface area (Å²) in [6, 6.07) is 3.93. The van der Waals surface area contributed by atoms with E-state index in [-0.39, 0.29) is 5.69 Å². The maximum Gasteiger partial charge on any atom is 0.184 e. The van der Waals surface area contributed by atoms with Gasteiger partial charge in [0.1, 0.15) is 5.69 Å². The minimum Gasteiger partial charge on any atom is -0.217 e. The molecule has 0 saturated heterocycles. The predicted molar refractivity (Wildman–Crippen MR) is 60.3 cm³/mol. The summed E-state index contributed by atoms with van der Waals surface area (Å²) in [4.78, 5) is 0. The molecular weight excluding hydrogens is 248 g/mol. The van der Waals surface area contributed by atoms with Crippen LogP contribution in [0.2, 0.25) is 0 Å². The van der Waals surface area contributed by atoms with Crippen LogP contribution in [0.1, 0.15) is 12.1 Å². The van der Waals surface area contributed by atoms with E-state index in [0.717, 1.165) is 12.5 Å². The molecule has 0 bridgehead atoms. The van der Waals surface area contributed by atoms with Crippen LogP contribution in [0.15, 0.2) is 24.4 Å². The molecule has 3 nitrogen and oxygen atoms in total. The fraction of sp³-hybridized carbons (Fsp3) is 0.273. The van der Waals surface area contributed by atoms with Gasteiger partial charge in [0.2, 0.25) is 0 Å². The molecule has 1 heterocycles. The van der Waals surface area contributed by atoms with Crippen LogP contribution in [-0.4, -0.2) is 20.9 Å². The first-order chi connectivity index (χ1) is 8.22. The van der Waals surface area contributed by atoms with Gasteiger partial charge in [-0.3, -0.25) is 0 Å². The van der Waals surface area contributed by atoms with E-state index in [2.05, 4.69) is 10.3 Å². The molecule has 1 aromatic heterocycles. The minimum atomic E-state index is -0.929. The number of rotatable bonds is 4. The summed E-state index contributed by atoms with van der Waals surface area (Å²) >= 11 is 5.56. The molecule has 0 atom stereocenters. The van der Waals surface area contributed by atoms with E-state index in [9.17, 15) is 8.78 Å². The highest BCUT2D eigenvalue weighted by Gasteiger charge is 2.11. The highest BCUT2D eigenvalue weighted by atomic mass is 35.5. The van der Waals surface area contributed by atoms with Crippen LogP contribution in [-0.2, 0) is 6.42 Å². The molecule has 2 aromatic rings. The highest BCUT2D eigenvalue weighted by Crippen LogP contribution is 2.15. The van der Waals surface area contributed by atoms with E-state index in [4.69, 9.17) is 11.6 Å². The molecule has 0 aliphatic rings. The molecule has 0 unspecified atom stereocenters. The summed E-state index contributed by atoms with van der Waals surface area (Å²) in [7, 11) is 0. The van der Waals surface area contributed by atoms with Gasteiger partial charge in [-0.05, 0) is 25.0 Å². The van der Waals surface area contributed by atoms with Crippen LogP contribution >= 0.6 is 11.6 Å². The Bertz CT molecular complexity index is 513. The second-order valence-electron chi connectivity index (χ2n) is 3.52. The Morgan fingerprint density at radius 2 is 2.12 bits per heavy atom. The van der Waals surface area contributed by atoms with Crippen molar-refractivity contribution in [2.24, 2.45) is 0 Å². The SMILES string of the molecule is Fc1cccc(-n2cc(CCCCl)nn2)c1F. The van der Waals surface area contributed by atoms with Gasteiger partial charge in [0, 0.05) is 5.88 Å². The van der Waals surface area contributed by atoms with Crippen LogP contribution in [0.5, 0.6) is 0 Å². The number of benzene rings is 1. The molecule has 0 fully saturated rings. The highest BCUT2D eigenvalue weighted by molar-refractivity contribution is 6.17. The van der Waals surface area contributed by atoms with Gasteiger partial charge in [0.25, 0.3) is 0 Å². The van der Waals surface area contributed by atoms with E-state index < -0.39 is 11.6 Å². The molecule has 0 spiro atoms. The fourth-order valence-corrected chi connectivity index (χ4v) is 1.58. The summed E-state index contributed by atoms with van der Waals surface area (Å²) in [5, 5.41) is 7.62. The molecule has 0 radical (unpaired) electrons. The largest absolute Gasteiger partial charge is 0.217 e. The molecule has 0 saturated carbocycles. The Kier molecular flexibility index (Phi) is 3.68. The number of aryl methyl sites for hydroxylation is 1. The molecule has 90 valence electrons. The Hall–Kier alpha value is -1.49. The molecule has 0 amide bonds. The second kappa shape index (κ2) is 5.23. The van der Waals surface area contributed by atoms with E-state index >= 15 is 0 Å². The first-order valence-corrected chi connectivity index (χ1v) is 5.67. The van der Waals surface area contributed by atoms with Crippen molar-refractivity contribution in [3.63, 3.8) is 0 Å². The summed E-state index contributed by atoms with van der Waals surface area (Å²) in [6.07, 6.45) is 3.01. The quantitative estimate of drug-likeness (QED) is 0.789. The average molecular weight is 258 g/mol. The van der Waals surface area contributed by atoms with Gasteiger partial charge in [-0.1, -0.05) is 11.3 Å². The zero-order chi connectivity index (χ0) is 12.3. The van der Waals surface area contributed by atoms with Gasteiger partial charge in [-0.25, -0.2) is 13.5 Å². The number of hydrogen-bond donors (Lipinski definition) is 0. The third-order valence-corrected chi connectivity index (χ3v) is 2.55. The van der Waals surface area contributed by atoms with Crippen LogP contribution in [0.25, 0.3) is 5.69 Å². The summed E-state index contributed by atoms with van der Waals surface area (Å²) in [6.45, 7) is 0. The Labute approximate surface area is 102 Å². The van der Waals surface area contributed by atoms with E-state index in [0.29, 0.717) is 18.0 Å². The lowest BCUT2D eigenvalue weighted by atomic mass is 10.2. The fourth-order valence-electron chi connectivity index (χ4n) is 1.45. The minimum absolute atomic E-state index is 0.0506. The van der Waals surface area contributed by atoms with Gasteiger partial charge >= 0.3 is 0 Å². The number of halogens is 3. The van der Waals surface area contributed by atoms with E-state index in [1.807, 2.05) is 0 Å². The third kappa shape index (κ3) is 2.61. The Morgan fingerprint density at radius 1 is 1.29 bits per heavy atom. The lowest BCUT2D eigenvalue weighted by molar-refractivity contribution is 0.500. The smallest absolute Gasteiger partial charge is 0.184 e. The van der Waals surface area contributed by atoms with Gasteiger partial charge < -0.3 is 0 Å². The van der Waals surface area contributed by atoms with Crippen molar-refractivity contribution in [3.05, 3.63) is 41.7 Å². The van der Waals surface area contributed by atoms with Crippen molar-refractivity contribution in [1.82, 2.24) is 15.0 Å². The molecule has 2 rings (SSSR count).